The zero-order chi connectivity index (χ0) is 14.3. The zero-order valence-electron chi connectivity index (χ0n) is 12.8. The van der Waals surface area contributed by atoms with E-state index in [1.165, 1.54) is 12.8 Å². The summed E-state index contributed by atoms with van der Waals surface area (Å²) in [7, 11) is 0. The molecule has 0 bridgehead atoms. The molecule has 108 valence electrons. The fourth-order valence-electron chi connectivity index (χ4n) is 1.88. The van der Waals surface area contributed by atoms with Crippen LogP contribution >= 0.6 is 0 Å². The van der Waals surface area contributed by atoms with Gasteiger partial charge in [-0.3, -0.25) is 0 Å². The first-order chi connectivity index (χ1) is 8.97. The Bertz CT molecular complexity index is 366. The second-order valence-electron chi connectivity index (χ2n) is 5.78. The van der Waals surface area contributed by atoms with Gasteiger partial charge in [0.1, 0.15) is 12.1 Å². The molecule has 0 aliphatic heterocycles. The van der Waals surface area contributed by atoms with Crippen LogP contribution in [0.1, 0.15) is 53.9 Å². The first kappa shape index (κ1) is 15.7. The molecule has 0 aliphatic carbocycles. The second-order valence-corrected chi connectivity index (χ2v) is 5.78. The SMILES string of the molecule is CC(C)CCCC(C)Nc1cc(OC(C)C)ncn1. The maximum absolute atomic E-state index is 5.56. The van der Waals surface area contributed by atoms with Gasteiger partial charge in [-0.15, -0.1) is 0 Å². The van der Waals surface area contributed by atoms with Crippen molar-refractivity contribution in [1.82, 2.24) is 9.97 Å². The van der Waals surface area contributed by atoms with E-state index < -0.39 is 0 Å². The molecule has 1 atom stereocenters. The standard InChI is InChI=1S/C15H27N3O/c1-11(2)7-6-8-13(5)18-14-9-15(17-10-16-14)19-12(3)4/h9-13H,6-8H2,1-5H3,(H,16,17,18). The summed E-state index contributed by atoms with van der Waals surface area (Å²) in [6.45, 7) is 10.7. The molecule has 4 nitrogen and oxygen atoms in total. The summed E-state index contributed by atoms with van der Waals surface area (Å²) in [5.41, 5.74) is 0. The molecule has 0 aliphatic rings. The van der Waals surface area contributed by atoms with Gasteiger partial charge in [-0.2, -0.15) is 0 Å². The van der Waals surface area contributed by atoms with Gasteiger partial charge in [0.25, 0.3) is 0 Å². The average Bonchev–Trinajstić information content (AvgIpc) is 2.27. The number of nitrogens with zero attached hydrogens (tertiary/aromatic N) is 2. The minimum atomic E-state index is 0.131. The second kappa shape index (κ2) is 7.97. The lowest BCUT2D eigenvalue weighted by Gasteiger charge is -2.16. The van der Waals surface area contributed by atoms with Crippen LogP contribution in [0.3, 0.4) is 0 Å². The molecule has 19 heavy (non-hydrogen) atoms. The van der Waals surface area contributed by atoms with Crippen molar-refractivity contribution in [3.63, 3.8) is 0 Å². The molecule has 0 fully saturated rings. The van der Waals surface area contributed by atoms with Gasteiger partial charge >= 0.3 is 0 Å². The van der Waals surface area contributed by atoms with E-state index in [-0.39, 0.29) is 6.10 Å². The maximum atomic E-state index is 5.56. The van der Waals surface area contributed by atoms with Gasteiger partial charge in [0, 0.05) is 12.1 Å². The Morgan fingerprint density at radius 1 is 1.11 bits per heavy atom. The normalized spacial score (nSPS) is 12.8. The number of hydrogen-bond donors (Lipinski definition) is 1. The Hall–Kier alpha value is -1.32. The van der Waals surface area contributed by atoms with Crippen molar-refractivity contribution in [2.45, 2.75) is 66.0 Å². The summed E-state index contributed by atoms with van der Waals surface area (Å²) in [4.78, 5) is 8.33. The van der Waals surface area contributed by atoms with Gasteiger partial charge in [0.05, 0.1) is 6.10 Å². The highest BCUT2D eigenvalue weighted by atomic mass is 16.5. The van der Waals surface area contributed by atoms with Crippen LogP contribution in [0.5, 0.6) is 5.88 Å². The lowest BCUT2D eigenvalue weighted by molar-refractivity contribution is 0.232. The molecule has 0 spiro atoms. The third-order valence-corrected chi connectivity index (χ3v) is 2.81. The van der Waals surface area contributed by atoms with Crippen LogP contribution in [0.25, 0.3) is 0 Å². The predicted octanol–water partition coefficient (Wildman–Crippen LogP) is 3.89. The number of rotatable bonds is 8. The summed E-state index contributed by atoms with van der Waals surface area (Å²) in [5.74, 6) is 2.24. The van der Waals surface area contributed by atoms with E-state index in [1.54, 1.807) is 6.33 Å². The third-order valence-electron chi connectivity index (χ3n) is 2.81. The number of aromatic nitrogens is 2. The number of nitrogens with one attached hydrogen (secondary N) is 1. The van der Waals surface area contributed by atoms with E-state index >= 15 is 0 Å². The monoisotopic (exact) mass is 265 g/mol. The van der Waals surface area contributed by atoms with Crippen molar-refractivity contribution in [1.29, 1.82) is 0 Å². The molecule has 0 amide bonds. The van der Waals surface area contributed by atoms with Crippen LogP contribution in [-0.4, -0.2) is 22.1 Å². The minimum absolute atomic E-state index is 0.131. The van der Waals surface area contributed by atoms with E-state index in [4.69, 9.17) is 4.74 Å². The van der Waals surface area contributed by atoms with E-state index in [2.05, 4.69) is 36.1 Å². The van der Waals surface area contributed by atoms with E-state index in [1.807, 2.05) is 19.9 Å². The van der Waals surface area contributed by atoms with Gasteiger partial charge in [-0.25, -0.2) is 9.97 Å². The van der Waals surface area contributed by atoms with Gasteiger partial charge in [0.2, 0.25) is 5.88 Å². The number of hydrogen-bond acceptors (Lipinski definition) is 4. The summed E-state index contributed by atoms with van der Waals surface area (Å²) in [6.07, 6.45) is 5.35. The maximum Gasteiger partial charge on any atom is 0.218 e. The molecule has 1 rings (SSSR count). The fourth-order valence-corrected chi connectivity index (χ4v) is 1.88. The van der Waals surface area contributed by atoms with Crippen LogP contribution in [-0.2, 0) is 0 Å². The van der Waals surface area contributed by atoms with Crippen LogP contribution in [0.15, 0.2) is 12.4 Å². The van der Waals surface area contributed by atoms with Crippen LogP contribution in [0.2, 0.25) is 0 Å². The summed E-state index contributed by atoms with van der Waals surface area (Å²) < 4.78 is 5.56. The number of ether oxygens (including phenoxy) is 1. The Kier molecular flexibility index (Phi) is 6.60. The Morgan fingerprint density at radius 3 is 2.47 bits per heavy atom. The molecule has 4 heteroatoms. The van der Waals surface area contributed by atoms with Crippen LogP contribution in [0.4, 0.5) is 5.82 Å². The highest BCUT2D eigenvalue weighted by Gasteiger charge is 2.06. The molecule has 1 unspecified atom stereocenters. The van der Waals surface area contributed by atoms with Gasteiger partial charge < -0.3 is 10.1 Å². The van der Waals surface area contributed by atoms with Crippen molar-refractivity contribution in [3.8, 4) is 5.88 Å². The molecule has 1 N–H and O–H groups in total. The molecular formula is C15H27N3O. The Balaban J connectivity index is 2.43. The smallest absolute Gasteiger partial charge is 0.218 e. The molecule has 0 aromatic carbocycles. The summed E-state index contributed by atoms with van der Waals surface area (Å²) >= 11 is 0. The van der Waals surface area contributed by atoms with Crippen molar-refractivity contribution in [3.05, 3.63) is 12.4 Å². The van der Waals surface area contributed by atoms with Crippen molar-refractivity contribution >= 4 is 5.82 Å². The minimum Gasteiger partial charge on any atom is -0.475 e. The van der Waals surface area contributed by atoms with Gasteiger partial charge in [-0.1, -0.05) is 26.7 Å². The molecule has 0 radical (unpaired) electrons. The largest absolute Gasteiger partial charge is 0.475 e. The highest BCUT2D eigenvalue weighted by Crippen LogP contribution is 2.15. The Labute approximate surface area is 117 Å². The average molecular weight is 265 g/mol. The molecular weight excluding hydrogens is 238 g/mol. The van der Waals surface area contributed by atoms with Crippen molar-refractivity contribution < 1.29 is 4.74 Å². The first-order valence-electron chi connectivity index (χ1n) is 7.22. The lowest BCUT2D eigenvalue weighted by Crippen LogP contribution is -2.16. The van der Waals surface area contributed by atoms with Crippen molar-refractivity contribution in [2.24, 2.45) is 5.92 Å². The number of anilines is 1. The zero-order valence-corrected chi connectivity index (χ0v) is 12.8. The highest BCUT2D eigenvalue weighted by molar-refractivity contribution is 5.37. The quantitative estimate of drug-likeness (QED) is 0.774. The van der Waals surface area contributed by atoms with Crippen molar-refractivity contribution in [2.75, 3.05) is 5.32 Å². The first-order valence-corrected chi connectivity index (χ1v) is 7.22. The molecule has 1 heterocycles. The lowest BCUT2D eigenvalue weighted by atomic mass is 10.0. The fraction of sp³-hybridized carbons (Fsp3) is 0.733. The summed E-state index contributed by atoms with van der Waals surface area (Å²) in [5, 5.41) is 3.40. The molecule has 0 saturated carbocycles. The van der Waals surface area contributed by atoms with Gasteiger partial charge in [0.15, 0.2) is 0 Å². The predicted molar refractivity (Wildman–Crippen MR) is 79.6 cm³/mol. The Morgan fingerprint density at radius 2 is 1.84 bits per heavy atom. The topological polar surface area (TPSA) is 47.0 Å². The molecule has 0 saturated heterocycles. The third kappa shape index (κ3) is 6.99. The van der Waals surface area contributed by atoms with Crippen LogP contribution in [0, 0.1) is 5.92 Å². The van der Waals surface area contributed by atoms with E-state index in [0.717, 1.165) is 18.2 Å². The summed E-state index contributed by atoms with van der Waals surface area (Å²) in [6, 6.07) is 2.28. The molecule has 1 aromatic heterocycles. The van der Waals surface area contributed by atoms with E-state index in [0.29, 0.717) is 11.9 Å². The van der Waals surface area contributed by atoms with E-state index in [9.17, 15) is 0 Å². The molecule has 1 aromatic rings. The van der Waals surface area contributed by atoms with Gasteiger partial charge in [-0.05, 0) is 33.1 Å². The van der Waals surface area contributed by atoms with Crippen LogP contribution < -0.4 is 10.1 Å².